The summed E-state index contributed by atoms with van der Waals surface area (Å²) in [4.78, 5) is 53.3. The second-order valence-corrected chi connectivity index (χ2v) is 8.67. The van der Waals surface area contributed by atoms with Crippen LogP contribution in [0.1, 0.15) is 61.0 Å². The molecule has 10 heteroatoms. The van der Waals surface area contributed by atoms with Gasteiger partial charge in [-0.05, 0) is 73.1 Å². The molecule has 0 aromatic heterocycles. The Bertz CT molecular complexity index is 947. The Kier molecular flexibility index (Phi) is 20.7. The first kappa shape index (κ1) is 36.9. The first-order valence-electron chi connectivity index (χ1n) is 12.2. The summed E-state index contributed by atoms with van der Waals surface area (Å²) in [6, 6.07) is 9.64. The number of carboxylic acid groups (broad SMARTS) is 1. The predicted molar refractivity (Wildman–Crippen MR) is 144 cm³/mol. The molecule has 0 bridgehead atoms. The van der Waals surface area contributed by atoms with Crippen LogP contribution < -0.4 is 5.11 Å². The van der Waals surface area contributed by atoms with Crippen molar-refractivity contribution >= 4 is 35.9 Å². The van der Waals surface area contributed by atoms with Gasteiger partial charge in [-0.3, -0.25) is 0 Å². The Morgan fingerprint density at radius 1 is 0.538 bits per heavy atom. The van der Waals surface area contributed by atoms with Crippen molar-refractivity contribution in [3.05, 3.63) is 66.3 Å². The van der Waals surface area contributed by atoms with Crippen LogP contribution in [0.15, 0.2) is 60.7 Å². The SMILES string of the molecule is CC(C)OC(=O)/C=C/C(=O)OC(C)C.CC(C)OC(=O)/C=C/C(=O)[O-].CC(C)OC(=O)C=Cc1ccccc1. The Hall–Kier alpha value is -4.21. The third-order valence-electron chi connectivity index (χ3n) is 3.33. The number of carboxylic acids is 1. The van der Waals surface area contributed by atoms with E-state index in [2.05, 4.69) is 4.74 Å². The molecule has 1 rings (SSSR count). The van der Waals surface area contributed by atoms with E-state index in [1.54, 1.807) is 47.6 Å². The maximum absolute atomic E-state index is 11.1. The quantitative estimate of drug-likeness (QED) is 0.243. The monoisotopic (exact) mass is 547 g/mol. The van der Waals surface area contributed by atoms with Gasteiger partial charge in [-0.25, -0.2) is 19.2 Å². The van der Waals surface area contributed by atoms with Crippen molar-refractivity contribution in [2.45, 2.75) is 79.8 Å². The Balaban J connectivity index is 0. The van der Waals surface area contributed by atoms with Crippen molar-refractivity contribution in [3.8, 4) is 0 Å². The summed E-state index contributed by atoms with van der Waals surface area (Å²) in [6.45, 7) is 13.9. The smallest absolute Gasteiger partial charge is 0.331 e. The van der Waals surface area contributed by atoms with Gasteiger partial charge in [-0.15, -0.1) is 0 Å². The lowest BCUT2D eigenvalue weighted by molar-refractivity contribution is -0.297. The third kappa shape index (κ3) is 28.2. The minimum Gasteiger partial charge on any atom is -0.545 e. The lowest BCUT2D eigenvalue weighted by atomic mass is 10.2. The van der Waals surface area contributed by atoms with Gasteiger partial charge in [0.15, 0.2) is 0 Å². The molecule has 0 amide bonds. The molecule has 10 nitrogen and oxygen atoms in total. The second kappa shape index (κ2) is 21.8. The fourth-order valence-electron chi connectivity index (χ4n) is 2.09. The Labute approximate surface area is 230 Å². The fraction of sp³-hybridized carbons (Fsp3) is 0.414. The molecule has 0 unspecified atom stereocenters. The molecule has 0 aliphatic heterocycles. The van der Waals surface area contributed by atoms with E-state index in [-0.39, 0.29) is 30.4 Å². The third-order valence-corrected chi connectivity index (χ3v) is 3.33. The molecule has 0 radical (unpaired) electrons. The standard InChI is InChI=1S/C12H14O2.C10H16O4.C7H10O4/c1-10(2)14-12(13)9-8-11-6-4-3-5-7-11;1-7(2)13-9(11)5-6-10(12)14-8(3)4;1-5(2)11-7(10)4-3-6(8)9/h3-10H,1-2H3;5-8H,1-4H3;3-5H,1-2H3,(H,8,9)/p-1/b;6-5+;4-3+. The van der Waals surface area contributed by atoms with Crippen molar-refractivity contribution in [3.63, 3.8) is 0 Å². The van der Waals surface area contributed by atoms with E-state index < -0.39 is 23.9 Å². The average molecular weight is 548 g/mol. The number of carbonyl (C=O) groups excluding carboxylic acids is 5. The van der Waals surface area contributed by atoms with Gasteiger partial charge in [0, 0.05) is 24.3 Å². The zero-order valence-corrected chi connectivity index (χ0v) is 23.7. The highest BCUT2D eigenvalue weighted by atomic mass is 16.6. The van der Waals surface area contributed by atoms with Crippen LogP contribution in [0.25, 0.3) is 6.08 Å². The number of hydrogen-bond donors (Lipinski definition) is 0. The average Bonchev–Trinajstić information content (AvgIpc) is 2.80. The maximum Gasteiger partial charge on any atom is 0.331 e. The molecule has 0 spiro atoms. The van der Waals surface area contributed by atoms with Crippen LogP contribution in [0.5, 0.6) is 0 Å². The molecule has 0 atom stereocenters. The van der Waals surface area contributed by atoms with Crippen molar-refractivity contribution in [1.29, 1.82) is 0 Å². The summed E-state index contributed by atoms with van der Waals surface area (Å²) in [5.41, 5.74) is 0.994. The van der Waals surface area contributed by atoms with E-state index in [1.165, 1.54) is 6.08 Å². The van der Waals surface area contributed by atoms with E-state index in [0.717, 1.165) is 23.8 Å². The summed E-state index contributed by atoms with van der Waals surface area (Å²) in [7, 11) is 0. The number of aliphatic carboxylic acids is 1. The van der Waals surface area contributed by atoms with Gasteiger partial charge in [0.2, 0.25) is 0 Å². The number of rotatable bonds is 10. The molecule has 216 valence electrons. The predicted octanol–water partition coefficient (Wildman–Crippen LogP) is 3.34. The van der Waals surface area contributed by atoms with Gasteiger partial charge in [-0.1, -0.05) is 30.3 Å². The number of ether oxygens (including phenoxy) is 4. The molecule has 39 heavy (non-hydrogen) atoms. The van der Waals surface area contributed by atoms with Crippen LogP contribution in [0, 0.1) is 0 Å². The molecule has 0 aliphatic rings. The van der Waals surface area contributed by atoms with Gasteiger partial charge in [0.1, 0.15) is 0 Å². The van der Waals surface area contributed by atoms with Gasteiger partial charge >= 0.3 is 23.9 Å². The topological polar surface area (TPSA) is 145 Å². The van der Waals surface area contributed by atoms with Gasteiger partial charge in [-0.2, -0.15) is 0 Å². The number of benzene rings is 1. The lowest BCUT2D eigenvalue weighted by Gasteiger charge is -2.05. The van der Waals surface area contributed by atoms with E-state index >= 15 is 0 Å². The highest BCUT2D eigenvalue weighted by Crippen LogP contribution is 2.01. The van der Waals surface area contributed by atoms with Crippen molar-refractivity contribution < 1.29 is 48.0 Å². The van der Waals surface area contributed by atoms with Crippen LogP contribution in [0.3, 0.4) is 0 Å². The Morgan fingerprint density at radius 3 is 1.15 bits per heavy atom. The first-order chi connectivity index (χ1) is 18.1. The lowest BCUT2D eigenvalue weighted by Crippen LogP contribution is -2.19. The van der Waals surface area contributed by atoms with Gasteiger partial charge < -0.3 is 28.8 Å². The van der Waals surface area contributed by atoms with Crippen molar-refractivity contribution in [1.82, 2.24) is 0 Å². The summed E-state index contributed by atoms with van der Waals surface area (Å²) in [5, 5.41) is 9.78. The van der Waals surface area contributed by atoms with Crippen LogP contribution in [-0.2, 0) is 42.9 Å². The van der Waals surface area contributed by atoms with Crippen molar-refractivity contribution in [2.75, 3.05) is 0 Å². The largest absolute Gasteiger partial charge is 0.545 e. The minimum atomic E-state index is -1.41. The highest BCUT2D eigenvalue weighted by molar-refractivity contribution is 5.92. The van der Waals surface area contributed by atoms with Crippen LogP contribution in [-0.4, -0.2) is 54.3 Å². The summed E-state index contributed by atoms with van der Waals surface area (Å²) in [6.07, 6.45) is 6.06. The second-order valence-electron chi connectivity index (χ2n) is 8.67. The molecular formula is C29H39O10-. The number of carbonyl (C=O) groups is 5. The molecular weight excluding hydrogens is 508 g/mol. The molecule has 0 saturated carbocycles. The van der Waals surface area contributed by atoms with Gasteiger partial charge in [0.25, 0.3) is 0 Å². The van der Waals surface area contributed by atoms with E-state index in [9.17, 15) is 29.1 Å². The molecule has 1 aromatic carbocycles. The Morgan fingerprint density at radius 2 is 0.846 bits per heavy atom. The molecule has 0 N–H and O–H groups in total. The summed E-state index contributed by atoms with van der Waals surface area (Å²) < 4.78 is 19.1. The molecule has 1 aromatic rings. The molecule has 0 fully saturated rings. The van der Waals surface area contributed by atoms with Crippen LogP contribution in [0.2, 0.25) is 0 Å². The zero-order chi connectivity index (χ0) is 30.4. The molecule has 0 heterocycles. The number of hydrogen-bond acceptors (Lipinski definition) is 10. The van der Waals surface area contributed by atoms with E-state index in [0.29, 0.717) is 6.08 Å². The van der Waals surface area contributed by atoms with E-state index in [1.807, 2.05) is 44.2 Å². The zero-order valence-electron chi connectivity index (χ0n) is 23.7. The van der Waals surface area contributed by atoms with Crippen molar-refractivity contribution in [2.24, 2.45) is 0 Å². The summed E-state index contributed by atoms with van der Waals surface area (Å²) in [5.74, 6) is -3.47. The van der Waals surface area contributed by atoms with E-state index in [4.69, 9.17) is 14.2 Å². The van der Waals surface area contributed by atoms with Crippen LogP contribution >= 0.6 is 0 Å². The van der Waals surface area contributed by atoms with Crippen LogP contribution in [0.4, 0.5) is 0 Å². The fourth-order valence-corrected chi connectivity index (χ4v) is 2.09. The molecule has 0 aliphatic carbocycles. The van der Waals surface area contributed by atoms with Gasteiger partial charge in [0.05, 0.1) is 30.4 Å². The number of esters is 4. The molecule has 0 saturated heterocycles. The normalized spacial score (nSPS) is 10.8. The maximum atomic E-state index is 11.1. The minimum absolute atomic E-state index is 0.0667. The highest BCUT2D eigenvalue weighted by Gasteiger charge is 2.04. The first-order valence-corrected chi connectivity index (χ1v) is 12.2. The summed E-state index contributed by atoms with van der Waals surface area (Å²) >= 11 is 0.